The SMILES string of the molecule is CCOc1ccc(CN2C(=O)CSC2c2c(OC)ncnc2OC)cc1. The molecule has 0 bridgehead atoms. The van der Waals surface area contributed by atoms with Crippen molar-refractivity contribution in [2.45, 2.75) is 18.8 Å². The number of nitrogens with zero attached hydrogens (tertiary/aromatic N) is 3. The first kappa shape index (κ1) is 18.3. The minimum atomic E-state index is -0.264. The van der Waals surface area contributed by atoms with Gasteiger partial charge in [0.2, 0.25) is 17.7 Å². The summed E-state index contributed by atoms with van der Waals surface area (Å²) in [6, 6.07) is 7.76. The first-order chi connectivity index (χ1) is 12.7. The van der Waals surface area contributed by atoms with Crippen molar-refractivity contribution in [2.75, 3.05) is 26.6 Å². The maximum absolute atomic E-state index is 12.5. The van der Waals surface area contributed by atoms with Crippen LogP contribution in [0, 0.1) is 0 Å². The predicted octanol–water partition coefficient (Wildman–Crippen LogP) is 2.67. The lowest BCUT2D eigenvalue weighted by molar-refractivity contribution is -0.128. The van der Waals surface area contributed by atoms with Gasteiger partial charge < -0.3 is 19.1 Å². The Kier molecular flexibility index (Phi) is 5.82. The first-order valence-electron chi connectivity index (χ1n) is 8.23. The van der Waals surface area contributed by atoms with Crippen molar-refractivity contribution in [1.29, 1.82) is 0 Å². The summed E-state index contributed by atoms with van der Waals surface area (Å²) in [5, 5.41) is -0.264. The molecule has 0 N–H and O–H groups in total. The molecule has 1 unspecified atom stereocenters. The number of carbonyl (C=O) groups excluding carboxylic acids is 1. The highest BCUT2D eigenvalue weighted by atomic mass is 32.2. The van der Waals surface area contributed by atoms with Gasteiger partial charge >= 0.3 is 0 Å². The fourth-order valence-electron chi connectivity index (χ4n) is 2.82. The van der Waals surface area contributed by atoms with Crippen LogP contribution in [0.2, 0.25) is 0 Å². The average molecular weight is 375 g/mol. The van der Waals surface area contributed by atoms with E-state index in [1.165, 1.54) is 18.1 Å². The second kappa shape index (κ2) is 8.27. The third-order valence-corrected chi connectivity index (χ3v) is 5.22. The molecule has 1 atom stereocenters. The monoisotopic (exact) mass is 375 g/mol. The molecule has 138 valence electrons. The van der Waals surface area contributed by atoms with Crippen LogP contribution in [-0.2, 0) is 11.3 Å². The second-order valence-corrected chi connectivity index (χ2v) is 6.64. The van der Waals surface area contributed by atoms with Gasteiger partial charge in [0.1, 0.15) is 23.0 Å². The van der Waals surface area contributed by atoms with Crippen molar-refractivity contribution in [2.24, 2.45) is 0 Å². The zero-order chi connectivity index (χ0) is 18.5. The standard InChI is InChI=1S/C18H21N3O4S/c1-4-25-13-7-5-12(6-8-13)9-21-14(22)10-26-18(21)15-16(23-2)19-11-20-17(15)24-3/h5-8,11,18H,4,9-10H2,1-3H3. The highest BCUT2D eigenvalue weighted by Gasteiger charge is 2.37. The van der Waals surface area contributed by atoms with Gasteiger partial charge in [-0.05, 0) is 24.6 Å². The molecule has 0 spiro atoms. The normalized spacial score (nSPS) is 16.7. The molecule has 3 rings (SSSR count). The summed E-state index contributed by atoms with van der Waals surface area (Å²) in [6.45, 7) is 3.04. The van der Waals surface area contributed by atoms with E-state index in [0.717, 1.165) is 11.3 Å². The molecule has 2 heterocycles. The molecule has 0 radical (unpaired) electrons. The van der Waals surface area contributed by atoms with Crippen molar-refractivity contribution in [3.05, 3.63) is 41.7 Å². The maximum Gasteiger partial charge on any atom is 0.234 e. The van der Waals surface area contributed by atoms with E-state index in [1.807, 2.05) is 31.2 Å². The van der Waals surface area contributed by atoms with E-state index in [9.17, 15) is 4.79 Å². The number of ether oxygens (including phenoxy) is 3. The minimum Gasteiger partial charge on any atom is -0.494 e. The van der Waals surface area contributed by atoms with Gasteiger partial charge in [-0.15, -0.1) is 11.8 Å². The molecule has 0 aliphatic carbocycles. The lowest BCUT2D eigenvalue weighted by Crippen LogP contribution is -2.28. The Balaban J connectivity index is 1.88. The Labute approximate surface area is 156 Å². The quantitative estimate of drug-likeness (QED) is 0.736. The number of hydrogen-bond donors (Lipinski definition) is 0. The average Bonchev–Trinajstić information content (AvgIpc) is 3.03. The molecule has 8 heteroatoms. The topological polar surface area (TPSA) is 73.8 Å². The van der Waals surface area contributed by atoms with Gasteiger partial charge in [0, 0.05) is 6.54 Å². The van der Waals surface area contributed by atoms with Gasteiger partial charge in [0.15, 0.2) is 0 Å². The third-order valence-electron chi connectivity index (χ3n) is 4.00. The molecule has 7 nitrogen and oxygen atoms in total. The zero-order valence-corrected chi connectivity index (χ0v) is 15.8. The molecular formula is C18H21N3O4S. The van der Waals surface area contributed by atoms with Crippen LogP contribution in [0.15, 0.2) is 30.6 Å². The number of thioether (sulfide) groups is 1. The molecule has 1 aromatic carbocycles. The van der Waals surface area contributed by atoms with Crippen molar-refractivity contribution in [3.63, 3.8) is 0 Å². The van der Waals surface area contributed by atoms with Gasteiger partial charge in [-0.3, -0.25) is 4.79 Å². The van der Waals surface area contributed by atoms with Crippen LogP contribution in [0.4, 0.5) is 0 Å². The Hall–Kier alpha value is -2.48. The van der Waals surface area contributed by atoms with Gasteiger partial charge in [-0.1, -0.05) is 12.1 Å². The Morgan fingerprint density at radius 2 is 1.81 bits per heavy atom. The molecule has 1 aliphatic rings. The summed E-state index contributed by atoms with van der Waals surface area (Å²) >= 11 is 1.51. The summed E-state index contributed by atoms with van der Waals surface area (Å²) in [4.78, 5) is 22.6. The van der Waals surface area contributed by atoms with E-state index < -0.39 is 0 Å². The summed E-state index contributed by atoms with van der Waals surface area (Å²) < 4.78 is 16.2. The molecule has 1 aliphatic heterocycles. The fraction of sp³-hybridized carbons (Fsp3) is 0.389. The van der Waals surface area contributed by atoms with Crippen LogP contribution in [0.5, 0.6) is 17.5 Å². The van der Waals surface area contributed by atoms with Crippen molar-refractivity contribution in [3.8, 4) is 17.5 Å². The molecule has 1 aromatic heterocycles. The van der Waals surface area contributed by atoms with Crippen LogP contribution >= 0.6 is 11.8 Å². The molecule has 0 saturated carbocycles. The van der Waals surface area contributed by atoms with E-state index in [-0.39, 0.29) is 11.3 Å². The molecular weight excluding hydrogens is 354 g/mol. The minimum absolute atomic E-state index is 0.0573. The zero-order valence-electron chi connectivity index (χ0n) is 15.0. The van der Waals surface area contributed by atoms with Crippen molar-refractivity contribution < 1.29 is 19.0 Å². The molecule has 2 aromatic rings. The smallest absolute Gasteiger partial charge is 0.234 e. The Bertz CT molecular complexity index is 747. The lowest BCUT2D eigenvalue weighted by atomic mass is 10.2. The van der Waals surface area contributed by atoms with E-state index in [2.05, 4.69) is 9.97 Å². The lowest BCUT2D eigenvalue weighted by Gasteiger charge is -2.25. The van der Waals surface area contributed by atoms with Crippen molar-refractivity contribution >= 4 is 17.7 Å². The third kappa shape index (κ3) is 3.70. The van der Waals surface area contributed by atoms with E-state index in [0.29, 0.717) is 36.2 Å². The van der Waals surface area contributed by atoms with Crippen molar-refractivity contribution in [1.82, 2.24) is 14.9 Å². The van der Waals surface area contributed by atoms with Gasteiger partial charge in [-0.2, -0.15) is 0 Å². The largest absolute Gasteiger partial charge is 0.494 e. The number of benzene rings is 1. The number of amides is 1. The number of carbonyl (C=O) groups is 1. The summed E-state index contributed by atoms with van der Waals surface area (Å²) in [7, 11) is 3.09. The molecule has 1 fully saturated rings. The Morgan fingerprint density at radius 1 is 1.15 bits per heavy atom. The van der Waals surface area contributed by atoms with Crippen LogP contribution < -0.4 is 14.2 Å². The highest BCUT2D eigenvalue weighted by molar-refractivity contribution is 8.00. The van der Waals surface area contributed by atoms with Gasteiger partial charge in [0.05, 0.1) is 26.6 Å². The molecule has 1 amide bonds. The maximum atomic E-state index is 12.5. The summed E-state index contributed by atoms with van der Waals surface area (Å²) in [5.41, 5.74) is 1.70. The highest BCUT2D eigenvalue weighted by Crippen LogP contribution is 2.45. The number of hydrogen-bond acceptors (Lipinski definition) is 7. The molecule has 1 saturated heterocycles. The van der Waals surface area contributed by atoms with E-state index >= 15 is 0 Å². The second-order valence-electron chi connectivity index (χ2n) is 5.57. The number of rotatable bonds is 7. The predicted molar refractivity (Wildman–Crippen MR) is 98.5 cm³/mol. The van der Waals surface area contributed by atoms with Crippen LogP contribution in [-0.4, -0.2) is 47.4 Å². The summed E-state index contributed by atoms with van der Waals surface area (Å²) in [5.74, 6) is 2.10. The number of methoxy groups -OCH3 is 2. The fourth-order valence-corrected chi connectivity index (χ4v) is 4.03. The van der Waals surface area contributed by atoms with Crippen LogP contribution in [0.1, 0.15) is 23.4 Å². The summed E-state index contributed by atoms with van der Waals surface area (Å²) in [6.07, 6.45) is 1.39. The van der Waals surface area contributed by atoms with E-state index in [1.54, 1.807) is 19.1 Å². The Morgan fingerprint density at radius 3 is 2.38 bits per heavy atom. The van der Waals surface area contributed by atoms with Gasteiger partial charge in [-0.25, -0.2) is 9.97 Å². The van der Waals surface area contributed by atoms with E-state index in [4.69, 9.17) is 14.2 Å². The first-order valence-corrected chi connectivity index (χ1v) is 9.28. The van der Waals surface area contributed by atoms with Crippen LogP contribution in [0.25, 0.3) is 0 Å². The van der Waals surface area contributed by atoms with Gasteiger partial charge in [0.25, 0.3) is 0 Å². The molecule has 26 heavy (non-hydrogen) atoms. The number of aromatic nitrogens is 2. The van der Waals surface area contributed by atoms with Crippen LogP contribution in [0.3, 0.4) is 0 Å².